The van der Waals surface area contributed by atoms with Crippen molar-refractivity contribution < 1.29 is 9.53 Å². The lowest BCUT2D eigenvalue weighted by atomic mass is 10.0. The third-order valence-corrected chi connectivity index (χ3v) is 5.24. The van der Waals surface area contributed by atoms with Gasteiger partial charge in [-0.05, 0) is 18.6 Å². The Morgan fingerprint density at radius 2 is 1.15 bits per heavy atom. The van der Waals surface area contributed by atoms with Gasteiger partial charge in [0.05, 0.1) is 6.61 Å². The minimum Gasteiger partial charge on any atom is -0.465 e. The number of rotatable bonds is 20. The Balaban J connectivity index is 3.12. The largest absolute Gasteiger partial charge is 0.465 e. The summed E-state index contributed by atoms with van der Waals surface area (Å²) in [6, 6.07) is -0.506. The maximum absolute atomic E-state index is 11.5. The van der Waals surface area contributed by atoms with Crippen molar-refractivity contribution in [1.82, 2.24) is 0 Å². The molecular weight excluding hydrogens is 342 g/mol. The van der Waals surface area contributed by atoms with Gasteiger partial charge in [0, 0.05) is 0 Å². The van der Waals surface area contributed by atoms with Crippen molar-refractivity contribution in [2.24, 2.45) is 5.73 Å². The van der Waals surface area contributed by atoms with Crippen LogP contribution in [-0.2, 0) is 9.53 Å². The molecule has 0 bridgehead atoms. The summed E-state index contributed by atoms with van der Waals surface area (Å²) in [5, 5.41) is 0. The minimum absolute atomic E-state index is 0.278. The number of unbranched alkanes of at least 4 members (excludes halogenated alkanes) is 15. The molecule has 26 heavy (non-hydrogen) atoms. The molecule has 3 nitrogen and oxygen atoms in total. The van der Waals surface area contributed by atoms with Crippen LogP contribution in [0.15, 0.2) is 0 Å². The van der Waals surface area contributed by atoms with E-state index in [9.17, 15) is 4.79 Å². The fraction of sp³-hybridized carbons (Fsp3) is 0.955. The highest BCUT2D eigenvalue weighted by Gasteiger charge is 2.13. The second-order valence-electron chi connectivity index (χ2n) is 7.59. The monoisotopic (exact) mass is 387 g/mol. The van der Waals surface area contributed by atoms with E-state index in [0.717, 1.165) is 12.8 Å². The topological polar surface area (TPSA) is 52.3 Å². The fourth-order valence-corrected chi connectivity index (χ4v) is 3.47. The van der Waals surface area contributed by atoms with Gasteiger partial charge in [0.2, 0.25) is 0 Å². The van der Waals surface area contributed by atoms with Crippen molar-refractivity contribution in [3.05, 3.63) is 0 Å². The molecule has 0 aliphatic rings. The maximum Gasteiger partial charge on any atom is 0.322 e. The SMILES string of the molecule is CCCCCCCCCCCCCCCCCCOC(=O)[C@H](N)CCS. The molecule has 0 heterocycles. The van der Waals surface area contributed by atoms with Crippen LogP contribution in [0.2, 0.25) is 0 Å². The van der Waals surface area contributed by atoms with E-state index in [1.807, 2.05) is 0 Å². The zero-order chi connectivity index (χ0) is 19.3. The summed E-state index contributed by atoms with van der Waals surface area (Å²) in [6.07, 6.45) is 22.2. The molecule has 0 rings (SSSR count). The molecule has 0 aromatic carbocycles. The summed E-state index contributed by atoms with van der Waals surface area (Å²) in [4.78, 5) is 11.5. The Hall–Kier alpha value is -0.220. The maximum atomic E-state index is 11.5. The summed E-state index contributed by atoms with van der Waals surface area (Å²) in [6.45, 7) is 2.79. The molecule has 156 valence electrons. The fourth-order valence-electron chi connectivity index (χ4n) is 3.19. The average molecular weight is 388 g/mol. The quantitative estimate of drug-likeness (QED) is 0.144. The molecule has 0 aromatic heterocycles. The van der Waals surface area contributed by atoms with Crippen molar-refractivity contribution in [1.29, 1.82) is 0 Å². The van der Waals surface area contributed by atoms with E-state index in [-0.39, 0.29) is 5.97 Å². The first-order valence-electron chi connectivity index (χ1n) is 11.3. The second kappa shape index (κ2) is 21.1. The Morgan fingerprint density at radius 3 is 1.54 bits per heavy atom. The lowest BCUT2D eigenvalue weighted by Gasteiger charge is -2.10. The Labute approximate surface area is 168 Å². The zero-order valence-corrected chi connectivity index (χ0v) is 18.2. The summed E-state index contributed by atoms with van der Waals surface area (Å²) < 4.78 is 5.18. The number of carbonyl (C=O) groups is 1. The van der Waals surface area contributed by atoms with E-state index in [2.05, 4.69) is 19.6 Å². The standard InChI is InChI=1S/C22H45NO2S/c1-2-3-4-5-6-7-8-9-10-11-12-13-14-15-16-17-19-25-22(24)21(23)18-20-26/h21,26H,2-20,23H2,1H3/t21-/m1/s1. The van der Waals surface area contributed by atoms with Crippen LogP contribution < -0.4 is 5.73 Å². The van der Waals surface area contributed by atoms with E-state index >= 15 is 0 Å². The van der Waals surface area contributed by atoms with Crippen molar-refractivity contribution in [3.8, 4) is 0 Å². The zero-order valence-electron chi connectivity index (χ0n) is 17.4. The summed E-state index contributed by atoms with van der Waals surface area (Å²) in [7, 11) is 0. The number of ether oxygens (including phenoxy) is 1. The predicted octanol–water partition coefficient (Wildman–Crippen LogP) is 6.44. The van der Waals surface area contributed by atoms with Crippen molar-refractivity contribution in [2.75, 3.05) is 12.4 Å². The number of thiol groups is 1. The lowest BCUT2D eigenvalue weighted by Crippen LogP contribution is -2.32. The number of hydrogen-bond donors (Lipinski definition) is 2. The first-order chi connectivity index (χ1) is 12.7. The Morgan fingerprint density at radius 1 is 0.769 bits per heavy atom. The molecule has 0 aliphatic heterocycles. The first-order valence-corrected chi connectivity index (χ1v) is 11.9. The van der Waals surface area contributed by atoms with Crippen molar-refractivity contribution >= 4 is 18.6 Å². The van der Waals surface area contributed by atoms with E-state index < -0.39 is 6.04 Å². The van der Waals surface area contributed by atoms with Crippen LogP contribution in [0.4, 0.5) is 0 Å². The molecule has 0 fully saturated rings. The number of carbonyl (C=O) groups excluding carboxylic acids is 1. The molecule has 0 amide bonds. The highest BCUT2D eigenvalue weighted by molar-refractivity contribution is 7.80. The van der Waals surface area contributed by atoms with E-state index in [1.165, 1.54) is 89.9 Å². The molecule has 0 radical (unpaired) electrons. The second-order valence-corrected chi connectivity index (χ2v) is 8.04. The van der Waals surface area contributed by atoms with Gasteiger partial charge < -0.3 is 10.5 Å². The van der Waals surface area contributed by atoms with Crippen LogP contribution in [0.5, 0.6) is 0 Å². The van der Waals surface area contributed by atoms with Crippen LogP contribution in [0.3, 0.4) is 0 Å². The Bertz CT molecular complexity index is 300. The average Bonchev–Trinajstić information content (AvgIpc) is 2.64. The van der Waals surface area contributed by atoms with E-state index in [4.69, 9.17) is 10.5 Å². The Kier molecular flexibility index (Phi) is 20.9. The van der Waals surface area contributed by atoms with E-state index in [0.29, 0.717) is 18.8 Å². The van der Waals surface area contributed by atoms with Gasteiger partial charge in [-0.25, -0.2) is 0 Å². The van der Waals surface area contributed by atoms with Crippen LogP contribution in [0.25, 0.3) is 0 Å². The normalized spacial score (nSPS) is 12.3. The van der Waals surface area contributed by atoms with Crippen molar-refractivity contribution in [2.45, 2.75) is 122 Å². The molecule has 0 aromatic rings. The van der Waals surface area contributed by atoms with Crippen LogP contribution >= 0.6 is 12.6 Å². The van der Waals surface area contributed by atoms with Gasteiger partial charge in [-0.15, -0.1) is 0 Å². The molecule has 0 spiro atoms. The van der Waals surface area contributed by atoms with Crippen LogP contribution in [0, 0.1) is 0 Å². The molecule has 4 heteroatoms. The molecule has 1 atom stereocenters. The van der Waals surface area contributed by atoms with Crippen molar-refractivity contribution in [3.63, 3.8) is 0 Å². The van der Waals surface area contributed by atoms with E-state index in [1.54, 1.807) is 0 Å². The third kappa shape index (κ3) is 18.6. The number of esters is 1. The molecular formula is C22H45NO2S. The van der Waals surface area contributed by atoms with Gasteiger partial charge in [-0.2, -0.15) is 12.6 Å². The van der Waals surface area contributed by atoms with Gasteiger partial charge in [0.15, 0.2) is 0 Å². The molecule has 0 aliphatic carbocycles. The van der Waals surface area contributed by atoms with Gasteiger partial charge in [-0.1, -0.05) is 103 Å². The lowest BCUT2D eigenvalue weighted by molar-refractivity contribution is -0.145. The summed E-state index contributed by atoms with van der Waals surface area (Å²) >= 11 is 4.07. The smallest absolute Gasteiger partial charge is 0.322 e. The predicted molar refractivity (Wildman–Crippen MR) is 117 cm³/mol. The van der Waals surface area contributed by atoms with Gasteiger partial charge >= 0.3 is 5.97 Å². The van der Waals surface area contributed by atoms with Gasteiger partial charge in [-0.3, -0.25) is 4.79 Å². The molecule has 0 saturated heterocycles. The molecule has 0 unspecified atom stereocenters. The molecule has 0 saturated carbocycles. The highest BCUT2D eigenvalue weighted by atomic mass is 32.1. The highest BCUT2D eigenvalue weighted by Crippen LogP contribution is 2.13. The minimum atomic E-state index is -0.506. The summed E-state index contributed by atoms with van der Waals surface area (Å²) in [5.41, 5.74) is 5.68. The first kappa shape index (κ1) is 25.8. The van der Waals surface area contributed by atoms with Crippen LogP contribution in [-0.4, -0.2) is 24.4 Å². The van der Waals surface area contributed by atoms with Crippen LogP contribution in [0.1, 0.15) is 116 Å². The molecule has 2 N–H and O–H groups in total. The summed E-state index contributed by atoms with van der Waals surface area (Å²) in [5.74, 6) is 0.343. The third-order valence-electron chi connectivity index (χ3n) is 4.99. The number of nitrogens with two attached hydrogens (primary N) is 1. The van der Waals surface area contributed by atoms with Gasteiger partial charge in [0.25, 0.3) is 0 Å². The number of hydrogen-bond acceptors (Lipinski definition) is 4. The van der Waals surface area contributed by atoms with Gasteiger partial charge in [0.1, 0.15) is 6.04 Å².